The van der Waals surface area contributed by atoms with Crippen molar-refractivity contribution >= 4 is 35.0 Å². The highest BCUT2D eigenvalue weighted by atomic mass is 35.5. The van der Waals surface area contributed by atoms with Gasteiger partial charge >= 0.3 is 5.97 Å². The van der Waals surface area contributed by atoms with Gasteiger partial charge in [0.15, 0.2) is 4.88 Å². The molecule has 190 valence electrons. The van der Waals surface area contributed by atoms with Crippen molar-refractivity contribution < 1.29 is 19.0 Å². The van der Waals surface area contributed by atoms with E-state index < -0.39 is 5.97 Å². The standard InChI is InChI=1S/C27H30ClN3O4S/c1-17(20-6-4-5-7-21(20)28)34-24-15-25(36-26(24)27(32)33-3)31-16-29-22-9-8-19(14-23(22)31)35-18-10-12-30(2)13-11-18/h4-9,15-19H,10-14H2,1-3H3/t17-,19?/m1/s1. The second kappa shape index (κ2) is 10.8. The van der Waals surface area contributed by atoms with Gasteiger partial charge in [0.1, 0.15) is 23.2 Å². The Bertz CT molecular complexity index is 1260. The van der Waals surface area contributed by atoms with Gasteiger partial charge < -0.3 is 19.1 Å². The van der Waals surface area contributed by atoms with E-state index in [1.54, 1.807) is 6.33 Å². The molecular formula is C27H30ClN3O4S. The number of fused-ring (bicyclic) bond motifs is 1. The molecule has 0 N–H and O–H groups in total. The molecule has 0 radical (unpaired) electrons. The van der Waals surface area contributed by atoms with E-state index >= 15 is 0 Å². The van der Waals surface area contributed by atoms with Crippen LogP contribution in [0.3, 0.4) is 0 Å². The first kappa shape index (κ1) is 25.0. The zero-order valence-electron chi connectivity index (χ0n) is 20.6. The molecule has 0 amide bonds. The number of thiophene rings is 1. The second-order valence-corrected chi connectivity index (χ2v) is 10.7. The molecule has 3 heterocycles. The number of benzene rings is 1. The van der Waals surface area contributed by atoms with Gasteiger partial charge in [-0.3, -0.25) is 4.57 Å². The number of methoxy groups -OCH3 is 1. The fraction of sp³-hybridized carbons (Fsp3) is 0.407. The van der Waals surface area contributed by atoms with Crippen molar-refractivity contribution in [3.8, 4) is 10.8 Å². The zero-order chi connectivity index (χ0) is 25.2. The van der Waals surface area contributed by atoms with Crippen LogP contribution < -0.4 is 4.74 Å². The van der Waals surface area contributed by atoms with Gasteiger partial charge in [-0.1, -0.05) is 35.9 Å². The van der Waals surface area contributed by atoms with E-state index in [0.717, 1.165) is 54.3 Å². The molecule has 2 atom stereocenters. The van der Waals surface area contributed by atoms with Crippen LogP contribution >= 0.6 is 22.9 Å². The Kier molecular flexibility index (Phi) is 7.48. The predicted octanol–water partition coefficient (Wildman–Crippen LogP) is 5.56. The van der Waals surface area contributed by atoms with Crippen LogP contribution in [0.5, 0.6) is 5.75 Å². The summed E-state index contributed by atoms with van der Waals surface area (Å²) in [6.45, 7) is 4.03. The summed E-state index contributed by atoms with van der Waals surface area (Å²) in [4.78, 5) is 19.9. The van der Waals surface area contributed by atoms with Crippen LogP contribution in [-0.2, 0) is 15.9 Å². The molecule has 1 unspecified atom stereocenters. The molecule has 9 heteroatoms. The van der Waals surface area contributed by atoms with Crippen LogP contribution in [-0.4, -0.2) is 59.9 Å². The minimum Gasteiger partial charge on any atom is -0.484 e. The van der Waals surface area contributed by atoms with Crippen molar-refractivity contribution in [2.75, 3.05) is 27.2 Å². The molecule has 1 aliphatic heterocycles. The van der Waals surface area contributed by atoms with E-state index in [1.807, 2.05) is 47.9 Å². The van der Waals surface area contributed by atoms with Crippen LogP contribution in [0.15, 0.2) is 42.7 Å². The number of hydrogen-bond acceptors (Lipinski definition) is 7. The Morgan fingerprint density at radius 2 is 2.03 bits per heavy atom. The first-order valence-electron chi connectivity index (χ1n) is 12.1. The number of hydrogen-bond donors (Lipinski definition) is 0. The van der Waals surface area contributed by atoms with E-state index in [1.165, 1.54) is 18.4 Å². The number of rotatable bonds is 7. The smallest absolute Gasteiger partial charge is 0.351 e. The monoisotopic (exact) mass is 527 g/mol. The summed E-state index contributed by atoms with van der Waals surface area (Å²) in [5.74, 6) is 0.0205. The molecule has 2 aromatic heterocycles. The van der Waals surface area contributed by atoms with Gasteiger partial charge in [0, 0.05) is 36.2 Å². The fourth-order valence-electron chi connectivity index (χ4n) is 4.70. The number of imidazole rings is 1. The molecule has 1 aromatic carbocycles. The summed E-state index contributed by atoms with van der Waals surface area (Å²) in [5.41, 5.74) is 2.82. The molecule has 2 aliphatic rings. The van der Waals surface area contributed by atoms with Crippen LogP contribution in [0.2, 0.25) is 5.02 Å². The SMILES string of the molecule is COC(=O)c1sc(-n2cnc3c2CC(OC2CCN(C)CC2)C=C3)cc1O[C@H](C)c1ccccc1Cl. The third-order valence-corrected chi connectivity index (χ3v) is 8.17. The topological polar surface area (TPSA) is 65.8 Å². The van der Waals surface area contributed by atoms with Gasteiger partial charge in [0.25, 0.3) is 0 Å². The van der Waals surface area contributed by atoms with Gasteiger partial charge in [0.05, 0.1) is 30.7 Å². The molecule has 0 spiro atoms. The van der Waals surface area contributed by atoms with E-state index in [9.17, 15) is 4.79 Å². The maximum Gasteiger partial charge on any atom is 0.351 e. The van der Waals surface area contributed by atoms with Crippen LogP contribution in [0.25, 0.3) is 11.1 Å². The van der Waals surface area contributed by atoms with Crippen molar-refractivity contribution in [3.63, 3.8) is 0 Å². The van der Waals surface area contributed by atoms with E-state index in [-0.39, 0.29) is 18.3 Å². The lowest BCUT2D eigenvalue weighted by molar-refractivity contribution is -0.0192. The lowest BCUT2D eigenvalue weighted by Crippen LogP contribution is -2.36. The highest BCUT2D eigenvalue weighted by Crippen LogP contribution is 2.38. The van der Waals surface area contributed by atoms with Gasteiger partial charge in [-0.2, -0.15) is 0 Å². The molecule has 0 bridgehead atoms. The Hall–Kier alpha value is -2.65. The predicted molar refractivity (Wildman–Crippen MR) is 141 cm³/mol. The van der Waals surface area contributed by atoms with Crippen molar-refractivity contribution in [1.82, 2.24) is 14.5 Å². The molecule has 3 aromatic rings. The van der Waals surface area contributed by atoms with Crippen molar-refractivity contribution in [2.24, 2.45) is 0 Å². The van der Waals surface area contributed by atoms with Crippen molar-refractivity contribution in [2.45, 2.75) is 44.5 Å². The van der Waals surface area contributed by atoms with Gasteiger partial charge in [-0.05, 0) is 39.0 Å². The molecular weight excluding hydrogens is 498 g/mol. The van der Waals surface area contributed by atoms with E-state index in [2.05, 4.69) is 23.0 Å². The summed E-state index contributed by atoms with van der Waals surface area (Å²) < 4.78 is 19.7. The summed E-state index contributed by atoms with van der Waals surface area (Å²) in [6.07, 6.45) is 8.65. The maximum absolute atomic E-state index is 12.6. The van der Waals surface area contributed by atoms with Gasteiger partial charge in [-0.15, -0.1) is 11.3 Å². The lowest BCUT2D eigenvalue weighted by atomic mass is 10.0. The number of aromatic nitrogens is 2. The average molecular weight is 528 g/mol. The molecule has 1 aliphatic carbocycles. The number of likely N-dealkylation sites (tertiary alicyclic amines) is 1. The molecule has 7 nitrogen and oxygen atoms in total. The molecule has 36 heavy (non-hydrogen) atoms. The quantitative estimate of drug-likeness (QED) is 0.375. The third-order valence-electron chi connectivity index (χ3n) is 6.74. The Morgan fingerprint density at radius 1 is 1.25 bits per heavy atom. The Morgan fingerprint density at radius 3 is 2.78 bits per heavy atom. The number of carbonyl (C=O) groups excluding carboxylic acids is 1. The largest absolute Gasteiger partial charge is 0.484 e. The van der Waals surface area contributed by atoms with Crippen LogP contribution in [0.4, 0.5) is 0 Å². The molecule has 1 fully saturated rings. The number of carbonyl (C=O) groups is 1. The number of piperidine rings is 1. The summed E-state index contributed by atoms with van der Waals surface area (Å²) in [6, 6.07) is 9.41. The van der Waals surface area contributed by atoms with Crippen molar-refractivity contribution in [3.05, 3.63) is 69.6 Å². The van der Waals surface area contributed by atoms with E-state index in [0.29, 0.717) is 15.6 Å². The van der Waals surface area contributed by atoms with Gasteiger partial charge in [-0.25, -0.2) is 9.78 Å². The number of ether oxygens (including phenoxy) is 3. The average Bonchev–Trinajstić information content (AvgIpc) is 3.49. The number of esters is 1. The minimum atomic E-state index is -0.440. The Balaban J connectivity index is 1.39. The highest BCUT2D eigenvalue weighted by Gasteiger charge is 2.27. The summed E-state index contributed by atoms with van der Waals surface area (Å²) in [7, 11) is 3.52. The summed E-state index contributed by atoms with van der Waals surface area (Å²) in [5, 5.41) is 1.45. The molecule has 5 rings (SSSR count). The maximum atomic E-state index is 12.6. The zero-order valence-corrected chi connectivity index (χ0v) is 22.2. The highest BCUT2D eigenvalue weighted by molar-refractivity contribution is 7.16. The van der Waals surface area contributed by atoms with Crippen molar-refractivity contribution in [1.29, 1.82) is 0 Å². The fourth-order valence-corrected chi connectivity index (χ4v) is 5.99. The first-order chi connectivity index (χ1) is 17.4. The second-order valence-electron chi connectivity index (χ2n) is 9.24. The van der Waals surface area contributed by atoms with Crippen LogP contribution in [0, 0.1) is 0 Å². The van der Waals surface area contributed by atoms with Gasteiger partial charge in [0.2, 0.25) is 0 Å². The first-order valence-corrected chi connectivity index (χ1v) is 13.3. The number of halogens is 1. The van der Waals surface area contributed by atoms with Crippen LogP contribution in [0.1, 0.15) is 52.5 Å². The Labute approximate surface area is 220 Å². The third kappa shape index (κ3) is 5.22. The molecule has 0 saturated carbocycles. The number of nitrogens with zero attached hydrogens (tertiary/aromatic N) is 3. The van der Waals surface area contributed by atoms with E-state index in [4.69, 9.17) is 25.8 Å². The normalized spacial score (nSPS) is 19.2. The minimum absolute atomic E-state index is 0.00244. The molecule has 1 saturated heterocycles. The summed E-state index contributed by atoms with van der Waals surface area (Å²) >= 11 is 7.69. The lowest BCUT2D eigenvalue weighted by Gasteiger charge is -2.31.